The maximum atomic E-state index is 12.4. The van der Waals surface area contributed by atoms with Gasteiger partial charge in [-0.05, 0) is 30.3 Å². The van der Waals surface area contributed by atoms with E-state index >= 15 is 0 Å². The number of hydrogen-bond acceptors (Lipinski definition) is 6. The first-order valence-corrected chi connectivity index (χ1v) is 11.5. The van der Waals surface area contributed by atoms with E-state index in [9.17, 15) is 13.2 Å². The molecule has 5 nitrogen and oxygen atoms in total. The minimum absolute atomic E-state index is 0.00929. The van der Waals surface area contributed by atoms with Gasteiger partial charge in [0, 0.05) is 10.1 Å². The standard InChI is InChI=1S/C21H15ClO5S2/c22-20-16-8-4-5-9-18(16)28-19(20)12-26-21(23)17-11-10-14(27-17)13-29(24,25)15-6-2-1-3-7-15/h1-11H,12-13H2. The number of halogens is 1. The Balaban J connectivity index is 1.44. The normalized spacial score (nSPS) is 11.6. The third kappa shape index (κ3) is 4.22. The highest BCUT2D eigenvalue weighted by Gasteiger charge is 2.20. The van der Waals surface area contributed by atoms with E-state index in [1.165, 1.54) is 35.6 Å². The lowest BCUT2D eigenvalue weighted by Crippen LogP contribution is -2.05. The van der Waals surface area contributed by atoms with Crippen molar-refractivity contribution in [3.8, 4) is 0 Å². The van der Waals surface area contributed by atoms with Crippen LogP contribution in [0.2, 0.25) is 5.02 Å². The fourth-order valence-corrected chi connectivity index (χ4v) is 5.49. The summed E-state index contributed by atoms with van der Waals surface area (Å²) in [5, 5.41) is 1.48. The van der Waals surface area contributed by atoms with Crippen molar-refractivity contribution in [2.75, 3.05) is 0 Å². The van der Waals surface area contributed by atoms with Gasteiger partial charge >= 0.3 is 5.97 Å². The lowest BCUT2D eigenvalue weighted by Gasteiger charge is -2.03. The first-order chi connectivity index (χ1) is 13.9. The van der Waals surface area contributed by atoms with Crippen LogP contribution in [0.5, 0.6) is 0 Å². The second-order valence-electron chi connectivity index (χ2n) is 6.25. The molecule has 4 rings (SSSR count). The Morgan fingerprint density at radius 1 is 1.00 bits per heavy atom. The molecule has 148 valence electrons. The summed E-state index contributed by atoms with van der Waals surface area (Å²) in [5.41, 5.74) is 0. The number of sulfone groups is 1. The minimum Gasteiger partial charge on any atom is -0.454 e. The van der Waals surface area contributed by atoms with Crippen molar-refractivity contribution in [3.05, 3.63) is 88.2 Å². The van der Waals surface area contributed by atoms with Crippen LogP contribution in [-0.2, 0) is 26.9 Å². The van der Waals surface area contributed by atoms with Crippen molar-refractivity contribution >= 4 is 48.8 Å². The molecule has 0 saturated heterocycles. The summed E-state index contributed by atoms with van der Waals surface area (Å²) >= 11 is 7.80. The fraction of sp³-hybridized carbons (Fsp3) is 0.0952. The molecule has 29 heavy (non-hydrogen) atoms. The minimum atomic E-state index is -3.56. The van der Waals surface area contributed by atoms with Gasteiger partial charge in [-0.1, -0.05) is 48.0 Å². The van der Waals surface area contributed by atoms with Gasteiger partial charge in [-0.3, -0.25) is 0 Å². The number of rotatable bonds is 6. The molecule has 8 heteroatoms. The highest BCUT2D eigenvalue weighted by Crippen LogP contribution is 2.35. The molecule has 0 aliphatic rings. The smallest absolute Gasteiger partial charge is 0.374 e. The first kappa shape index (κ1) is 19.7. The molecule has 0 saturated carbocycles. The maximum Gasteiger partial charge on any atom is 0.374 e. The second-order valence-corrected chi connectivity index (χ2v) is 9.75. The summed E-state index contributed by atoms with van der Waals surface area (Å²) < 4.78 is 36.6. The summed E-state index contributed by atoms with van der Waals surface area (Å²) in [6.07, 6.45) is 0. The zero-order valence-corrected chi connectivity index (χ0v) is 17.4. The molecular weight excluding hydrogens is 432 g/mol. The number of fused-ring (bicyclic) bond motifs is 1. The number of hydrogen-bond donors (Lipinski definition) is 0. The molecule has 0 N–H and O–H groups in total. The largest absolute Gasteiger partial charge is 0.454 e. The van der Waals surface area contributed by atoms with Gasteiger partial charge in [0.2, 0.25) is 5.76 Å². The van der Waals surface area contributed by atoms with Crippen molar-refractivity contribution in [3.63, 3.8) is 0 Å². The predicted molar refractivity (Wildman–Crippen MR) is 112 cm³/mol. The summed E-state index contributed by atoms with van der Waals surface area (Å²) in [4.78, 5) is 13.2. The van der Waals surface area contributed by atoms with Crippen molar-refractivity contribution in [1.82, 2.24) is 0 Å². The van der Waals surface area contributed by atoms with Crippen LogP contribution in [0.15, 0.2) is 76.0 Å². The van der Waals surface area contributed by atoms with Crippen LogP contribution in [0, 0.1) is 0 Å². The van der Waals surface area contributed by atoms with E-state index in [0.29, 0.717) is 5.02 Å². The molecule has 0 unspecified atom stereocenters. The van der Waals surface area contributed by atoms with Crippen molar-refractivity contribution in [1.29, 1.82) is 0 Å². The lowest BCUT2D eigenvalue weighted by molar-refractivity contribution is 0.0438. The SMILES string of the molecule is O=C(OCc1sc2ccccc2c1Cl)c1ccc(CS(=O)(=O)c2ccccc2)o1. The monoisotopic (exact) mass is 446 g/mol. The molecule has 2 aromatic heterocycles. The van der Waals surface area contributed by atoms with Crippen LogP contribution < -0.4 is 0 Å². The summed E-state index contributed by atoms with van der Waals surface area (Å²) in [5.74, 6) is -0.907. The van der Waals surface area contributed by atoms with Gasteiger partial charge < -0.3 is 9.15 Å². The number of carbonyl (C=O) groups is 1. The Bertz CT molecular complexity index is 1270. The molecule has 0 spiro atoms. The third-order valence-corrected chi connectivity index (χ3v) is 7.58. The van der Waals surface area contributed by atoms with Gasteiger partial charge in [-0.15, -0.1) is 11.3 Å². The van der Waals surface area contributed by atoms with Crippen LogP contribution in [0.3, 0.4) is 0 Å². The van der Waals surface area contributed by atoms with Crippen LogP contribution in [0.1, 0.15) is 21.2 Å². The van der Waals surface area contributed by atoms with Gasteiger partial charge in [0.05, 0.1) is 14.8 Å². The number of esters is 1. The van der Waals surface area contributed by atoms with E-state index in [4.69, 9.17) is 20.8 Å². The van der Waals surface area contributed by atoms with E-state index in [2.05, 4.69) is 0 Å². The average molecular weight is 447 g/mol. The van der Waals surface area contributed by atoms with E-state index in [0.717, 1.165) is 15.0 Å². The maximum absolute atomic E-state index is 12.4. The van der Waals surface area contributed by atoms with Crippen LogP contribution in [-0.4, -0.2) is 14.4 Å². The molecule has 0 bridgehead atoms. The number of ether oxygens (including phenoxy) is 1. The number of carbonyl (C=O) groups excluding carboxylic acids is 1. The van der Waals surface area contributed by atoms with Gasteiger partial charge in [0.1, 0.15) is 18.1 Å². The van der Waals surface area contributed by atoms with Crippen molar-refractivity contribution < 1.29 is 22.4 Å². The highest BCUT2D eigenvalue weighted by atomic mass is 35.5. The molecule has 0 fully saturated rings. The fourth-order valence-electron chi connectivity index (χ4n) is 2.82. The number of furan rings is 1. The summed E-state index contributed by atoms with van der Waals surface area (Å²) in [6.45, 7) is 0.00929. The van der Waals surface area contributed by atoms with Gasteiger partial charge in [-0.25, -0.2) is 13.2 Å². The zero-order valence-electron chi connectivity index (χ0n) is 15.0. The van der Waals surface area contributed by atoms with E-state index in [1.54, 1.807) is 18.2 Å². The van der Waals surface area contributed by atoms with Crippen LogP contribution in [0.25, 0.3) is 10.1 Å². The van der Waals surface area contributed by atoms with E-state index in [1.807, 2.05) is 24.3 Å². The predicted octanol–water partition coefficient (Wildman–Crippen LogP) is 5.48. The average Bonchev–Trinajstić information content (AvgIpc) is 3.31. The number of thiophene rings is 1. The Morgan fingerprint density at radius 3 is 2.48 bits per heavy atom. The number of benzene rings is 2. The highest BCUT2D eigenvalue weighted by molar-refractivity contribution is 7.90. The van der Waals surface area contributed by atoms with Gasteiger partial charge in [0.15, 0.2) is 9.84 Å². The van der Waals surface area contributed by atoms with Crippen LogP contribution >= 0.6 is 22.9 Å². The van der Waals surface area contributed by atoms with Crippen LogP contribution in [0.4, 0.5) is 0 Å². The molecule has 4 aromatic rings. The quantitative estimate of drug-likeness (QED) is 0.367. The first-order valence-electron chi connectivity index (χ1n) is 8.63. The lowest BCUT2D eigenvalue weighted by atomic mass is 10.2. The Morgan fingerprint density at radius 2 is 1.72 bits per heavy atom. The second kappa shape index (κ2) is 8.02. The molecule has 0 atom stereocenters. The molecule has 2 heterocycles. The van der Waals surface area contributed by atoms with Crippen molar-refractivity contribution in [2.45, 2.75) is 17.3 Å². The molecule has 0 aliphatic carbocycles. The van der Waals surface area contributed by atoms with E-state index < -0.39 is 15.8 Å². The molecule has 0 amide bonds. The molecule has 0 radical (unpaired) electrons. The van der Waals surface area contributed by atoms with Crippen molar-refractivity contribution in [2.24, 2.45) is 0 Å². The third-order valence-electron chi connectivity index (χ3n) is 4.23. The summed E-state index contributed by atoms with van der Waals surface area (Å²) in [7, 11) is -3.56. The zero-order chi connectivity index (χ0) is 20.4. The van der Waals surface area contributed by atoms with Gasteiger partial charge in [0.25, 0.3) is 0 Å². The molecular formula is C21H15ClO5S2. The topological polar surface area (TPSA) is 73.6 Å². The Labute approximate surface area is 176 Å². The molecule has 2 aromatic carbocycles. The summed E-state index contributed by atoms with van der Waals surface area (Å²) in [6, 6.07) is 18.6. The van der Waals surface area contributed by atoms with E-state index in [-0.39, 0.29) is 28.8 Å². The Kier molecular flexibility index (Phi) is 5.45. The van der Waals surface area contributed by atoms with Gasteiger partial charge in [-0.2, -0.15) is 0 Å². The molecule has 0 aliphatic heterocycles. The Hall–Kier alpha value is -2.61.